The molecule has 4 nitrogen and oxygen atoms in total. The van der Waals surface area contributed by atoms with E-state index in [4.69, 9.17) is 29.4 Å². The summed E-state index contributed by atoms with van der Waals surface area (Å²) in [5.74, 6) is 0. The molecule has 0 amide bonds. The lowest BCUT2D eigenvalue weighted by Gasteiger charge is -2.20. The predicted octanol–water partition coefficient (Wildman–Crippen LogP) is -1.55. The number of hydrogen-bond donors (Lipinski definition) is 3. The van der Waals surface area contributed by atoms with Gasteiger partial charge in [0.25, 0.3) is 0 Å². The largest absolute Gasteiger partial charge is 0.376 e. The van der Waals surface area contributed by atoms with E-state index in [2.05, 4.69) is 0 Å². The quantitative estimate of drug-likeness (QED) is 0.436. The Morgan fingerprint density at radius 1 is 1.20 bits per heavy atom. The van der Waals surface area contributed by atoms with E-state index in [1.54, 1.807) is 4.90 Å². The van der Waals surface area contributed by atoms with Crippen LogP contribution in [0.2, 0.25) is 0 Å². The second kappa shape index (κ2) is 5.40. The van der Waals surface area contributed by atoms with Gasteiger partial charge >= 0.3 is 0 Å². The van der Waals surface area contributed by atoms with E-state index < -0.39 is 0 Å². The Morgan fingerprint density at radius 3 is 1.80 bits per heavy atom. The second-order valence-corrected chi connectivity index (χ2v) is 2.32. The number of nitrogens with two attached hydrogens (primary N) is 3. The molecule has 0 saturated carbocycles. The number of hydrogen-bond acceptors (Lipinski definition) is 3. The third-order valence-electron chi connectivity index (χ3n) is 1.11. The molecule has 0 rings (SSSR count). The highest BCUT2D eigenvalue weighted by atomic mass is 32.1. The fraction of sp³-hybridized carbons (Fsp3) is 0.800. The molecule has 0 aliphatic heterocycles. The van der Waals surface area contributed by atoms with Crippen LogP contribution >= 0.6 is 12.2 Å². The smallest absolute Gasteiger partial charge is 0.166 e. The zero-order valence-corrected chi connectivity index (χ0v) is 6.73. The highest BCUT2D eigenvalue weighted by Gasteiger charge is 2.01. The van der Waals surface area contributed by atoms with E-state index in [0.29, 0.717) is 31.3 Å². The maximum Gasteiger partial charge on any atom is 0.166 e. The molecule has 10 heavy (non-hydrogen) atoms. The lowest BCUT2D eigenvalue weighted by atomic mass is 10.5. The van der Waals surface area contributed by atoms with Gasteiger partial charge < -0.3 is 22.1 Å². The van der Waals surface area contributed by atoms with E-state index in [1.165, 1.54) is 0 Å². The Kier molecular flexibility index (Phi) is 5.19. The summed E-state index contributed by atoms with van der Waals surface area (Å²) >= 11 is 4.74. The third-order valence-corrected chi connectivity index (χ3v) is 1.37. The van der Waals surface area contributed by atoms with Gasteiger partial charge in [-0.3, -0.25) is 0 Å². The zero-order valence-electron chi connectivity index (χ0n) is 5.92. The number of rotatable bonds is 4. The van der Waals surface area contributed by atoms with Gasteiger partial charge in [-0.1, -0.05) is 0 Å². The fourth-order valence-corrected chi connectivity index (χ4v) is 0.826. The van der Waals surface area contributed by atoms with Crippen molar-refractivity contribution in [3.05, 3.63) is 0 Å². The van der Waals surface area contributed by atoms with Crippen molar-refractivity contribution in [2.24, 2.45) is 17.2 Å². The number of thiocarbonyl (C=S) groups is 1. The SMILES string of the molecule is NCCN(CCN)C(N)=S. The van der Waals surface area contributed by atoms with Gasteiger partial charge in [-0.15, -0.1) is 0 Å². The van der Waals surface area contributed by atoms with E-state index in [0.717, 1.165) is 0 Å². The summed E-state index contributed by atoms with van der Waals surface area (Å²) in [6.45, 7) is 2.48. The van der Waals surface area contributed by atoms with Gasteiger partial charge in [-0.25, -0.2) is 0 Å². The molecule has 0 aromatic carbocycles. The molecule has 6 N–H and O–H groups in total. The molecule has 0 saturated heterocycles. The van der Waals surface area contributed by atoms with Crippen LogP contribution in [0.1, 0.15) is 0 Å². The highest BCUT2D eigenvalue weighted by Crippen LogP contribution is 1.83. The van der Waals surface area contributed by atoms with Gasteiger partial charge in [0.1, 0.15) is 0 Å². The molecule has 0 atom stereocenters. The molecular weight excluding hydrogens is 148 g/mol. The van der Waals surface area contributed by atoms with Gasteiger partial charge in [0.2, 0.25) is 0 Å². The standard InChI is InChI=1S/C5H14N4S/c6-1-3-9(4-2-7)5(8)10/h1-4,6-7H2,(H2,8,10). The first kappa shape index (κ1) is 9.61. The molecule has 0 aromatic rings. The topological polar surface area (TPSA) is 81.3 Å². The van der Waals surface area contributed by atoms with E-state index >= 15 is 0 Å². The van der Waals surface area contributed by atoms with Crippen molar-refractivity contribution in [2.75, 3.05) is 26.2 Å². The fourth-order valence-electron chi connectivity index (χ4n) is 0.644. The molecule has 0 aliphatic carbocycles. The van der Waals surface area contributed by atoms with Crippen molar-refractivity contribution in [1.29, 1.82) is 0 Å². The van der Waals surface area contributed by atoms with Crippen LogP contribution < -0.4 is 17.2 Å². The molecule has 0 bridgehead atoms. The molecule has 0 aromatic heterocycles. The van der Waals surface area contributed by atoms with Crippen molar-refractivity contribution in [1.82, 2.24) is 4.90 Å². The Hall–Kier alpha value is -0.390. The molecule has 0 fully saturated rings. The Bertz CT molecular complexity index is 99.8. The van der Waals surface area contributed by atoms with Gasteiger partial charge in [-0.05, 0) is 12.2 Å². The maximum absolute atomic E-state index is 5.36. The maximum atomic E-state index is 5.36. The van der Waals surface area contributed by atoms with Crippen LogP contribution in [0, 0.1) is 0 Å². The summed E-state index contributed by atoms with van der Waals surface area (Å²) in [6, 6.07) is 0. The molecule has 0 heterocycles. The van der Waals surface area contributed by atoms with E-state index in [1.807, 2.05) is 0 Å². The normalized spacial score (nSPS) is 9.40. The van der Waals surface area contributed by atoms with Crippen LogP contribution in [0.25, 0.3) is 0 Å². The predicted molar refractivity (Wildman–Crippen MR) is 46.5 cm³/mol. The van der Waals surface area contributed by atoms with Gasteiger partial charge in [0, 0.05) is 26.2 Å². The zero-order chi connectivity index (χ0) is 7.98. The summed E-state index contributed by atoms with van der Waals surface area (Å²) in [5, 5.41) is 0.371. The van der Waals surface area contributed by atoms with Gasteiger partial charge in [0.05, 0.1) is 0 Å². The van der Waals surface area contributed by atoms with Gasteiger partial charge in [-0.2, -0.15) is 0 Å². The van der Waals surface area contributed by atoms with Crippen molar-refractivity contribution >= 4 is 17.3 Å². The van der Waals surface area contributed by atoms with Crippen LogP contribution in [-0.4, -0.2) is 36.2 Å². The van der Waals surface area contributed by atoms with Crippen LogP contribution in [0.4, 0.5) is 0 Å². The van der Waals surface area contributed by atoms with E-state index in [-0.39, 0.29) is 0 Å². The summed E-state index contributed by atoms with van der Waals surface area (Å²) in [5.41, 5.74) is 16.0. The first-order valence-corrected chi connectivity index (χ1v) is 3.57. The van der Waals surface area contributed by atoms with Crippen LogP contribution in [0.15, 0.2) is 0 Å². The minimum Gasteiger partial charge on any atom is -0.376 e. The lowest BCUT2D eigenvalue weighted by Crippen LogP contribution is -2.41. The molecule has 0 radical (unpaired) electrons. The molecule has 5 heteroatoms. The average molecular weight is 162 g/mol. The third kappa shape index (κ3) is 3.60. The van der Waals surface area contributed by atoms with Crippen LogP contribution in [0.3, 0.4) is 0 Å². The lowest BCUT2D eigenvalue weighted by molar-refractivity contribution is 0.441. The Morgan fingerprint density at radius 2 is 1.60 bits per heavy atom. The number of nitrogens with zero attached hydrogens (tertiary/aromatic N) is 1. The van der Waals surface area contributed by atoms with Crippen molar-refractivity contribution in [3.63, 3.8) is 0 Å². The van der Waals surface area contributed by atoms with Crippen LogP contribution in [-0.2, 0) is 0 Å². The minimum atomic E-state index is 0.371. The highest BCUT2D eigenvalue weighted by molar-refractivity contribution is 7.80. The van der Waals surface area contributed by atoms with Crippen molar-refractivity contribution in [2.45, 2.75) is 0 Å². The first-order valence-electron chi connectivity index (χ1n) is 3.17. The summed E-state index contributed by atoms with van der Waals surface area (Å²) in [4.78, 5) is 1.79. The average Bonchev–Trinajstić information content (AvgIpc) is 1.87. The molecular formula is C5H14N4S. The first-order chi connectivity index (χ1) is 4.72. The van der Waals surface area contributed by atoms with Crippen molar-refractivity contribution < 1.29 is 0 Å². The molecule has 0 aliphatic rings. The Labute approximate surface area is 66.3 Å². The summed E-state index contributed by atoms with van der Waals surface area (Å²) in [7, 11) is 0. The minimum absolute atomic E-state index is 0.371. The van der Waals surface area contributed by atoms with Gasteiger partial charge in [0.15, 0.2) is 5.11 Å². The monoisotopic (exact) mass is 162 g/mol. The summed E-state index contributed by atoms with van der Waals surface area (Å²) in [6.07, 6.45) is 0. The molecule has 0 unspecified atom stereocenters. The van der Waals surface area contributed by atoms with E-state index in [9.17, 15) is 0 Å². The summed E-state index contributed by atoms with van der Waals surface area (Å²) < 4.78 is 0. The second-order valence-electron chi connectivity index (χ2n) is 1.90. The molecule has 60 valence electrons. The van der Waals surface area contributed by atoms with Crippen LogP contribution in [0.5, 0.6) is 0 Å². The molecule has 0 spiro atoms. The Balaban J connectivity index is 3.61. The van der Waals surface area contributed by atoms with Crippen molar-refractivity contribution in [3.8, 4) is 0 Å².